The van der Waals surface area contributed by atoms with E-state index < -0.39 is 0 Å². The van der Waals surface area contributed by atoms with E-state index in [0.29, 0.717) is 30.0 Å². The highest BCUT2D eigenvalue weighted by Crippen LogP contribution is 2.48. The van der Waals surface area contributed by atoms with Crippen LogP contribution in [0, 0.1) is 11.8 Å². The molecule has 2 aliphatic carbocycles. The summed E-state index contributed by atoms with van der Waals surface area (Å²) < 4.78 is 7.67. The molecule has 0 radical (unpaired) electrons. The van der Waals surface area contributed by atoms with Crippen LogP contribution in [-0.4, -0.2) is 33.5 Å². The van der Waals surface area contributed by atoms with Gasteiger partial charge in [-0.3, -0.25) is 4.79 Å². The zero-order valence-corrected chi connectivity index (χ0v) is 19.2. The van der Waals surface area contributed by atoms with Crippen LogP contribution in [0.3, 0.4) is 0 Å². The summed E-state index contributed by atoms with van der Waals surface area (Å²) in [6.45, 7) is 1.70. The number of aromatic nitrogens is 2. The Labute approximate surface area is 195 Å². The van der Waals surface area contributed by atoms with Crippen molar-refractivity contribution in [3.8, 4) is 17.0 Å². The molecular formula is C28H31N3O2. The van der Waals surface area contributed by atoms with Crippen molar-refractivity contribution in [2.45, 2.75) is 57.7 Å². The number of benzene rings is 2. The summed E-state index contributed by atoms with van der Waals surface area (Å²) >= 11 is 0. The number of imidazole rings is 1. The lowest BCUT2D eigenvalue weighted by atomic mass is 10.0. The van der Waals surface area contributed by atoms with Crippen molar-refractivity contribution in [2.24, 2.45) is 11.8 Å². The van der Waals surface area contributed by atoms with E-state index in [9.17, 15) is 4.79 Å². The second kappa shape index (κ2) is 8.36. The topological polar surface area (TPSA) is 47.4 Å². The Morgan fingerprint density at radius 1 is 1.12 bits per heavy atom. The van der Waals surface area contributed by atoms with Gasteiger partial charge in [-0.2, -0.15) is 0 Å². The maximum absolute atomic E-state index is 13.8. The Hall–Kier alpha value is -3.08. The van der Waals surface area contributed by atoms with Crippen LogP contribution >= 0.6 is 0 Å². The quantitative estimate of drug-likeness (QED) is 0.474. The second-order valence-corrected chi connectivity index (χ2v) is 9.87. The fourth-order valence-electron chi connectivity index (χ4n) is 5.42. The highest BCUT2D eigenvalue weighted by molar-refractivity contribution is 5.95. The Morgan fingerprint density at radius 3 is 2.64 bits per heavy atom. The van der Waals surface area contributed by atoms with Gasteiger partial charge in [0.1, 0.15) is 11.6 Å². The average Bonchev–Trinajstić information content (AvgIpc) is 3.77. The Morgan fingerprint density at radius 2 is 1.91 bits per heavy atom. The van der Waals surface area contributed by atoms with Gasteiger partial charge >= 0.3 is 0 Å². The molecule has 3 aromatic rings. The normalized spacial score (nSPS) is 17.3. The first-order valence-corrected chi connectivity index (χ1v) is 12.3. The van der Waals surface area contributed by atoms with Gasteiger partial charge in [-0.15, -0.1) is 0 Å². The van der Waals surface area contributed by atoms with Crippen LogP contribution in [0.5, 0.6) is 5.75 Å². The lowest BCUT2D eigenvalue weighted by Gasteiger charge is -2.33. The van der Waals surface area contributed by atoms with Crippen LogP contribution in [0.1, 0.15) is 53.8 Å². The van der Waals surface area contributed by atoms with Gasteiger partial charge in [0.25, 0.3) is 5.91 Å². The van der Waals surface area contributed by atoms with Crippen LogP contribution in [0.25, 0.3) is 11.3 Å². The van der Waals surface area contributed by atoms with Gasteiger partial charge in [-0.25, -0.2) is 4.98 Å². The monoisotopic (exact) mass is 441 g/mol. The summed E-state index contributed by atoms with van der Waals surface area (Å²) in [5.41, 5.74) is 4.06. The van der Waals surface area contributed by atoms with Crippen molar-refractivity contribution in [1.29, 1.82) is 0 Å². The van der Waals surface area contributed by atoms with Crippen LogP contribution in [0.2, 0.25) is 0 Å². The fourth-order valence-corrected chi connectivity index (χ4v) is 5.42. The molecule has 0 bridgehead atoms. The second-order valence-electron chi connectivity index (χ2n) is 9.87. The highest BCUT2D eigenvalue weighted by atomic mass is 16.5. The molecule has 33 heavy (non-hydrogen) atoms. The lowest BCUT2D eigenvalue weighted by molar-refractivity contribution is 0.0605. The van der Waals surface area contributed by atoms with Crippen molar-refractivity contribution in [2.75, 3.05) is 7.11 Å². The standard InChI is InChI=1S/C28H31N3O2/c1-33-24-8-3-7-23(16-24)28(32)31(27(20-10-11-20)21-12-13-21)17-19-5-2-6-22(15-19)25-18-30-14-4-9-26(30)29-25/h2-3,5-8,15-16,18,20-21,27H,4,9-14,17H2,1H3. The molecule has 0 spiro atoms. The number of aryl methyl sites for hydroxylation is 2. The number of amides is 1. The van der Waals surface area contributed by atoms with E-state index in [1.54, 1.807) is 7.11 Å². The molecule has 2 aromatic carbocycles. The van der Waals surface area contributed by atoms with Crippen molar-refractivity contribution in [1.82, 2.24) is 14.5 Å². The molecule has 0 atom stereocenters. The van der Waals surface area contributed by atoms with Gasteiger partial charge in [0.05, 0.1) is 12.8 Å². The van der Waals surface area contributed by atoms with Gasteiger partial charge < -0.3 is 14.2 Å². The van der Waals surface area contributed by atoms with Gasteiger partial charge in [-0.1, -0.05) is 24.3 Å². The summed E-state index contributed by atoms with van der Waals surface area (Å²) in [5.74, 6) is 3.32. The van der Waals surface area contributed by atoms with E-state index in [2.05, 4.69) is 39.9 Å². The number of hydrogen-bond donors (Lipinski definition) is 0. The van der Waals surface area contributed by atoms with E-state index in [1.807, 2.05) is 24.3 Å². The number of carbonyl (C=O) groups excluding carboxylic acids is 1. The molecule has 2 saturated carbocycles. The summed E-state index contributed by atoms with van der Waals surface area (Å²) in [6.07, 6.45) is 9.39. The number of methoxy groups -OCH3 is 1. The summed E-state index contributed by atoms with van der Waals surface area (Å²) in [7, 11) is 1.65. The Kier molecular flexibility index (Phi) is 5.20. The molecule has 1 amide bonds. The molecule has 6 rings (SSSR count). The minimum absolute atomic E-state index is 0.115. The Balaban J connectivity index is 1.31. The average molecular weight is 442 g/mol. The predicted octanol–water partition coefficient (Wildman–Crippen LogP) is 5.34. The maximum Gasteiger partial charge on any atom is 0.254 e. The van der Waals surface area contributed by atoms with Gasteiger partial charge in [0.15, 0.2) is 0 Å². The van der Waals surface area contributed by atoms with E-state index in [4.69, 9.17) is 9.72 Å². The number of ether oxygens (including phenoxy) is 1. The molecule has 5 heteroatoms. The van der Waals surface area contributed by atoms with Crippen molar-refractivity contribution in [3.63, 3.8) is 0 Å². The largest absolute Gasteiger partial charge is 0.497 e. The molecule has 2 fully saturated rings. The van der Waals surface area contributed by atoms with Crippen molar-refractivity contribution < 1.29 is 9.53 Å². The van der Waals surface area contributed by atoms with E-state index in [1.165, 1.54) is 43.5 Å². The zero-order chi connectivity index (χ0) is 22.4. The smallest absolute Gasteiger partial charge is 0.254 e. The molecular weight excluding hydrogens is 410 g/mol. The van der Waals surface area contributed by atoms with E-state index in [-0.39, 0.29) is 5.91 Å². The summed E-state index contributed by atoms with van der Waals surface area (Å²) in [5, 5.41) is 0. The number of carbonyl (C=O) groups is 1. The zero-order valence-electron chi connectivity index (χ0n) is 19.2. The molecule has 3 aliphatic rings. The van der Waals surface area contributed by atoms with E-state index in [0.717, 1.165) is 30.0 Å². The highest BCUT2D eigenvalue weighted by Gasteiger charge is 2.46. The summed E-state index contributed by atoms with van der Waals surface area (Å²) in [6, 6.07) is 16.5. The minimum Gasteiger partial charge on any atom is -0.497 e. The molecule has 0 N–H and O–H groups in total. The molecule has 0 unspecified atom stereocenters. The minimum atomic E-state index is 0.115. The third-order valence-electron chi connectivity index (χ3n) is 7.38. The molecule has 170 valence electrons. The van der Waals surface area contributed by atoms with Gasteiger partial charge in [-0.05, 0) is 73.8 Å². The molecule has 1 aromatic heterocycles. The summed E-state index contributed by atoms with van der Waals surface area (Å²) in [4.78, 5) is 20.9. The van der Waals surface area contributed by atoms with E-state index >= 15 is 0 Å². The SMILES string of the molecule is COc1cccc(C(=O)N(Cc2cccc(-c3cn4c(n3)CCC4)c2)C(C2CC2)C2CC2)c1. The number of rotatable bonds is 8. The van der Waals surface area contributed by atoms with Crippen LogP contribution in [0.15, 0.2) is 54.7 Å². The molecule has 0 saturated heterocycles. The first kappa shape index (κ1) is 20.5. The number of hydrogen-bond acceptors (Lipinski definition) is 3. The molecule has 1 aliphatic heterocycles. The molecule has 5 nitrogen and oxygen atoms in total. The van der Waals surface area contributed by atoms with Crippen LogP contribution in [-0.2, 0) is 19.5 Å². The number of fused-ring (bicyclic) bond motifs is 1. The van der Waals surface area contributed by atoms with Gasteiger partial charge in [0.2, 0.25) is 0 Å². The first-order chi connectivity index (χ1) is 16.2. The van der Waals surface area contributed by atoms with Crippen LogP contribution in [0.4, 0.5) is 0 Å². The fraction of sp³-hybridized carbons (Fsp3) is 0.429. The number of nitrogens with zero attached hydrogens (tertiary/aromatic N) is 3. The van der Waals surface area contributed by atoms with Gasteiger partial charge in [0, 0.05) is 42.9 Å². The predicted molar refractivity (Wildman–Crippen MR) is 128 cm³/mol. The Bertz CT molecular complexity index is 1140. The van der Waals surface area contributed by atoms with Crippen molar-refractivity contribution >= 4 is 5.91 Å². The van der Waals surface area contributed by atoms with Crippen LogP contribution < -0.4 is 4.74 Å². The maximum atomic E-state index is 13.8. The third-order valence-corrected chi connectivity index (χ3v) is 7.38. The first-order valence-electron chi connectivity index (χ1n) is 12.3. The third kappa shape index (κ3) is 4.17. The molecule has 2 heterocycles. The lowest BCUT2D eigenvalue weighted by Crippen LogP contribution is -2.42. The van der Waals surface area contributed by atoms with Crippen molar-refractivity contribution in [3.05, 3.63) is 71.7 Å².